The van der Waals surface area contributed by atoms with Gasteiger partial charge in [0, 0.05) is 26.3 Å². The zero-order chi connectivity index (χ0) is 17.3. The third-order valence-electron chi connectivity index (χ3n) is 4.06. The van der Waals surface area contributed by atoms with Gasteiger partial charge in [-0.3, -0.25) is 4.68 Å². The van der Waals surface area contributed by atoms with Crippen LogP contribution in [0.25, 0.3) is 0 Å². The molecular weight excluding hydrogens is 288 g/mol. The van der Waals surface area contributed by atoms with Crippen LogP contribution in [0.3, 0.4) is 0 Å². The van der Waals surface area contributed by atoms with Gasteiger partial charge in [-0.25, -0.2) is 0 Å². The molecule has 132 valence electrons. The molecule has 0 aliphatic heterocycles. The van der Waals surface area contributed by atoms with Crippen LogP contribution in [0.5, 0.6) is 0 Å². The number of hydrogen-bond acceptors (Lipinski definition) is 4. The molecule has 1 aromatic rings. The monoisotopic (exact) mass is 322 g/mol. The lowest BCUT2D eigenvalue weighted by Gasteiger charge is -2.25. The minimum Gasteiger partial charge on any atom is -0.381 e. The quantitative estimate of drug-likeness (QED) is 0.545. The summed E-state index contributed by atoms with van der Waals surface area (Å²) in [4.78, 5) is 2.09. The number of ether oxygens (including phenoxy) is 1. The van der Waals surface area contributed by atoms with E-state index in [-0.39, 0.29) is 5.60 Å². The first-order valence-electron chi connectivity index (χ1n) is 8.72. The van der Waals surface area contributed by atoms with Crippen LogP contribution in [0, 0.1) is 0 Å². The predicted octanol–water partition coefficient (Wildman–Crippen LogP) is 4.01. The van der Waals surface area contributed by atoms with E-state index in [1.165, 1.54) is 12.1 Å². The molecule has 0 bridgehead atoms. The summed E-state index contributed by atoms with van der Waals surface area (Å²) in [5, 5.41) is 8.32. The van der Waals surface area contributed by atoms with E-state index in [2.05, 4.69) is 42.6 Å². The molecule has 0 spiro atoms. The maximum absolute atomic E-state index is 6.04. The number of unbranched alkanes of at least 4 members (excludes halogenated alkanes) is 2. The number of allylic oxidation sites excluding steroid dienone is 1. The molecule has 5 nitrogen and oxygen atoms in total. The van der Waals surface area contributed by atoms with Gasteiger partial charge in [0.25, 0.3) is 0 Å². The molecule has 0 saturated carbocycles. The number of aryl methyl sites for hydroxylation is 1. The molecule has 1 aromatic heterocycles. The zero-order valence-corrected chi connectivity index (χ0v) is 15.6. The summed E-state index contributed by atoms with van der Waals surface area (Å²) < 4.78 is 7.94. The van der Waals surface area contributed by atoms with Gasteiger partial charge < -0.3 is 9.64 Å². The van der Waals surface area contributed by atoms with Gasteiger partial charge in [-0.05, 0) is 39.5 Å². The molecule has 0 aromatic carbocycles. The normalized spacial score (nSPS) is 11.7. The van der Waals surface area contributed by atoms with Crippen molar-refractivity contribution in [3.8, 4) is 0 Å². The van der Waals surface area contributed by atoms with Crippen LogP contribution in [-0.4, -0.2) is 39.6 Å². The van der Waals surface area contributed by atoms with E-state index in [0.717, 1.165) is 44.3 Å². The van der Waals surface area contributed by atoms with E-state index in [1.54, 1.807) is 0 Å². The largest absolute Gasteiger partial charge is 0.381 e. The Balaban J connectivity index is 2.26. The summed E-state index contributed by atoms with van der Waals surface area (Å²) >= 11 is 0. The highest BCUT2D eigenvalue weighted by atomic mass is 16.5. The van der Waals surface area contributed by atoms with Gasteiger partial charge in [0.1, 0.15) is 5.69 Å². The second-order valence-corrected chi connectivity index (χ2v) is 7.04. The molecule has 0 N–H and O–H groups in total. The van der Waals surface area contributed by atoms with Gasteiger partial charge in [-0.1, -0.05) is 31.6 Å². The minimum absolute atomic E-state index is 0.132. The third kappa shape index (κ3) is 8.16. The first-order valence-corrected chi connectivity index (χ1v) is 8.72. The molecule has 1 rings (SSSR count). The van der Waals surface area contributed by atoms with Gasteiger partial charge in [0.15, 0.2) is 0 Å². The van der Waals surface area contributed by atoms with Gasteiger partial charge in [-0.2, -0.15) is 0 Å². The van der Waals surface area contributed by atoms with Gasteiger partial charge in [0.05, 0.1) is 18.4 Å². The smallest absolute Gasteiger partial charge is 0.108 e. The molecule has 0 unspecified atom stereocenters. The highest BCUT2D eigenvalue weighted by Crippen LogP contribution is 2.21. The number of nitrogens with zero attached hydrogens (tertiary/aromatic N) is 4. The minimum atomic E-state index is -0.132. The Morgan fingerprint density at radius 1 is 1.30 bits per heavy atom. The summed E-state index contributed by atoms with van der Waals surface area (Å²) in [6.07, 6.45) is 8.67. The van der Waals surface area contributed by atoms with E-state index in [9.17, 15) is 0 Å². The molecule has 0 amide bonds. The average Bonchev–Trinajstić information content (AvgIpc) is 2.95. The molecule has 0 aliphatic rings. The van der Waals surface area contributed by atoms with E-state index in [0.29, 0.717) is 6.61 Å². The van der Waals surface area contributed by atoms with Gasteiger partial charge in [0.2, 0.25) is 0 Å². The maximum atomic E-state index is 6.04. The Labute approximate surface area is 141 Å². The van der Waals surface area contributed by atoms with E-state index >= 15 is 0 Å². The predicted molar refractivity (Wildman–Crippen MR) is 95.1 cm³/mol. The second-order valence-electron chi connectivity index (χ2n) is 7.04. The second kappa shape index (κ2) is 9.71. The highest BCUT2D eigenvalue weighted by molar-refractivity contribution is 4.91. The van der Waals surface area contributed by atoms with Crippen molar-refractivity contribution in [2.45, 2.75) is 78.0 Å². The highest BCUT2D eigenvalue weighted by Gasteiger charge is 2.18. The Hall–Kier alpha value is -1.36. The van der Waals surface area contributed by atoms with Crippen molar-refractivity contribution in [2.24, 2.45) is 0 Å². The fraction of sp³-hybridized carbons (Fsp3) is 0.778. The Morgan fingerprint density at radius 2 is 2.04 bits per heavy atom. The first kappa shape index (κ1) is 19.7. The lowest BCUT2D eigenvalue weighted by molar-refractivity contribution is -0.0378. The van der Waals surface area contributed by atoms with Crippen molar-refractivity contribution < 1.29 is 4.74 Å². The first-order chi connectivity index (χ1) is 10.8. The van der Waals surface area contributed by atoms with E-state index < -0.39 is 0 Å². The van der Waals surface area contributed by atoms with E-state index in [1.807, 2.05) is 25.0 Å². The summed E-state index contributed by atoms with van der Waals surface area (Å²) in [7, 11) is 4.09. The van der Waals surface area contributed by atoms with Crippen molar-refractivity contribution in [1.29, 1.82) is 0 Å². The lowest BCUT2D eigenvalue weighted by atomic mass is 10.00. The molecule has 0 fully saturated rings. The van der Waals surface area contributed by atoms with Crippen LogP contribution < -0.4 is 0 Å². The lowest BCUT2D eigenvalue weighted by Crippen LogP contribution is -2.24. The Morgan fingerprint density at radius 3 is 2.70 bits per heavy atom. The average molecular weight is 322 g/mol. The van der Waals surface area contributed by atoms with Crippen molar-refractivity contribution in [1.82, 2.24) is 19.9 Å². The fourth-order valence-electron chi connectivity index (χ4n) is 2.28. The molecule has 0 saturated heterocycles. The fourth-order valence-corrected chi connectivity index (χ4v) is 2.28. The molecule has 0 atom stereocenters. The van der Waals surface area contributed by atoms with Gasteiger partial charge in [-0.15, -0.1) is 5.10 Å². The summed E-state index contributed by atoms with van der Waals surface area (Å²) in [5.41, 5.74) is 1.97. The van der Waals surface area contributed by atoms with E-state index in [4.69, 9.17) is 4.74 Å². The number of rotatable bonds is 12. The molecule has 0 radical (unpaired) electrons. The molecule has 5 heteroatoms. The van der Waals surface area contributed by atoms with Crippen LogP contribution in [-0.2, 0) is 17.9 Å². The third-order valence-corrected chi connectivity index (χ3v) is 4.06. The van der Waals surface area contributed by atoms with Crippen molar-refractivity contribution >= 4 is 0 Å². The summed E-state index contributed by atoms with van der Waals surface area (Å²) in [6, 6.07) is 0. The molecule has 23 heavy (non-hydrogen) atoms. The van der Waals surface area contributed by atoms with Crippen LogP contribution in [0.2, 0.25) is 0 Å². The van der Waals surface area contributed by atoms with Crippen molar-refractivity contribution in [3.63, 3.8) is 0 Å². The van der Waals surface area contributed by atoms with Crippen molar-refractivity contribution in [3.05, 3.63) is 24.2 Å². The van der Waals surface area contributed by atoms with Crippen LogP contribution in [0.1, 0.15) is 65.0 Å². The van der Waals surface area contributed by atoms with Crippen LogP contribution >= 0.6 is 0 Å². The van der Waals surface area contributed by atoms with Gasteiger partial charge >= 0.3 is 0 Å². The molecular formula is C18H34N4O. The summed E-state index contributed by atoms with van der Waals surface area (Å²) in [5.74, 6) is 0. The Kier molecular flexibility index (Phi) is 8.31. The topological polar surface area (TPSA) is 43.2 Å². The summed E-state index contributed by atoms with van der Waals surface area (Å²) in [6.45, 7) is 12.0. The standard InChI is InChI=1S/C18H34N4O/c1-7-8-13-22-14-17(19-20-22)15-23-18(3,4)12-10-9-11-16(2)21(5)6/h14H,2,7-13,15H2,1,3-6H3. The van der Waals surface area contributed by atoms with Crippen molar-refractivity contribution in [2.75, 3.05) is 14.1 Å². The zero-order valence-electron chi connectivity index (χ0n) is 15.6. The Bertz CT molecular complexity index is 465. The number of hydrogen-bond donors (Lipinski definition) is 0. The number of aromatic nitrogens is 3. The maximum Gasteiger partial charge on any atom is 0.108 e. The molecule has 0 aliphatic carbocycles. The SMILES string of the molecule is C=C(CCCCC(C)(C)OCc1cn(CCCC)nn1)N(C)C. The molecule has 1 heterocycles. The van der Waals surface area contributed by atoms with Crippen LogP contribution in [0.15, 0.2) is 18.5 Å². The van der Waals surface area contributed by atoms with Crippen LogP contribution in [0.4, 0.5) is 0 Å².